The van der Waals surface area contributed by atoms with E-state index in [4.69, 9.17) is 18.9 Å². The molecule has 1 aromatic heterocycles. The van der Waals surface area contributed by atoms with Crippen LogP contribution in [0.3, 0.4) is 0 Å². The number of amides is 1. The van der Waals surface area contributed by atoms with Crippen LogP contribution in [0.5, 0.6) is 11.5 Å². The lowest BCUT2D eigenvalue weighted by molar-refractivity contribution is -0.145. The molecule has 2 heterocycles. The zero-order valence-corrected chi connectivity index (χ0v) is 22.4. The van der Waals surface area contributed by atoms with Gasteiger partial charge in [0.2, 0.25) is 0 Å². The number of carbonyl (C=O) groups excluding carboxylic acids is 2. The average molecular weight is 550 g/mol. The molecule has 0 N–H and O–H groups in total. The van der Waals surface area contributed by atoms with Crippen molar-refractivity contribution in [3.8, 4) is 23.3 Å². The van der Waals surface area contributed by atoms with Crippen molar-refractivity contribution in [3.05, 3.63) is 73.6 Å². The Morgan fingerprint density at radius 3 is 2.54 bits per heavy atom. The summed E-state index contributed by atoms with van der Waals surface area (Å²) in [4.78, 5) is 40.1. The van der Waals surface area contributed by atoms with E-state index in [9.17, 15) is 19.6 Å². The van der Waals surface area contributed by atoms with Crippen LogP contribution >= 0.6 is 11.3 Å². The minimum absolute atomic E-state index is 0.109. The molecule has 0 bridgehead atoms. The lowest BCUT2D eigenvalue weighted by atomic mass is 10.2. The number of carbonyl (C=O) groups is 2. The number of aromatic nitrogens is 1. The first kappa shape index (κ1) is 27.6. The molecule has 0 spiro atoms. The molecular weight excluding hydrogens is 522 g/mol. The van der Waals surface area contributed by atoms with Crippen LogP contribution in [0.15, 0.2) is 53.3 Å². The maximum Gasteiger partial charge on any atom is 0.344 e. The highest BCUT2D eigenvalue weighted by molar-refractivity contribution is 7.07. The van der Waals surface area contributed by atoms with Crippen LogP contribution in [-0.4, -0.2) is 68.0 Å². The van der Waals surface area contributed by atoms with Gasteiger partial charge in [-0.05, 0) is 42.8 Å². The smallest absolute Gasteiger partial charge is 0.344 e. The zero-order valence-electron chi connectivity index (χ0n) is 21.5. The van der Waals surface area contributed by atoms with Gasteiger partial charge in [0.05, 0.1) is 37.2 Å². The third-order valence-corrected chi connectivity index (χ3v) is 6.90. The highest BCUT2D eigenvalue weighted by Crippen LogP contribution is 2.28. The van der Waals surface area contributed by atoms with Gasteiger partial charge in [0.25, 0.3) is 11.5 Å². The lowest BCUT2D eigenvalue weighted by Crippen LogP contribution is -2.42. The highest BCUT2D eigenvalue weighted by atomic mass is 32.1. The van der Waals surface area contributed by atoms with Crippen molar-refractivity contribution >= 4 is 34.9 Å². The van der Waals surface area contributed by atoms with Crippen LogP contribution in [0.25, 0.3) is 17.3 Å². The monoisotopic (exact) mass is 549 g/mol. The van der Waals surface area contributed by atoms with Crippen molar-refractivity contribution in [2.75, 3.05) is 46.6 Å². The Bertz CT molecular complexity index is 1570. The van der Waals surface area contributed by atoms with Gasteiger partial charge in [-0.25, -0.2) is 4.79 Å². The summed E-state index contributed by atoms with van der Waals surface area (Å²) in [5, 5.41) is 10.0. The maximum absolute atomic E-state index is 13.6. The largest absolute Gasteiger partial charge is 0.493 e. The topological polar surface area (TPSA) is 120 Å². The van der Waals surface area contributed by atoms with E-state index in [0.29, 0.717) is 53.6 Å². The van der Waals surface area contributed by atoms with Crippen LogP contribution in [0.1, 0.15) is 12.5 Å². The van der Waals surface area contributed by atoms with Gasteiger partial charge in [-0.1, -0.05) is 24.3 Å². The second kappa shape index (κ2) is 12.9. The fourth-order valence-corrected chi connectivity index (χ4v) is 5.05. The van der Waals surface area contributed by atoms with Gasteiger partial charge in [0.1, 0.15) is 10.7 Å². The van der Waals surface area contributed by atoms with E-state index < -0.39 is 11.9 Å². The number of nitrogens with zero attached hydrogens (tertiary/aromatic N) is 3. The number of hydrogen-bond acceptors (Lipinski definition) is 9. The van der Waals surface area contributed by atoms with Crippen LogP contribution in [0.4, 0.5) is 0 Å². The molecular formula is C28H27N3O7S. The number of benzene rings is 2. The summed E-state index contributed by atoms with van der Waals surface area (Å²) in [6.07, 6.45) is 1.65. The van der Waals surface area contributed by atoms with Crippen molar-refractivity contribution in [1.29, 1.82) is 5.26 Å². The number of hydrogen-bond donors (Lipinski definition) is 0. The second-order valence-electron chi connectivity index (χ2n) is 8.29. The fraction of sp³-hybridized carbons (Fsp3) is 0.286. The molecule has 2 aromatic carbocycles. The molecule has 0 atom stereocenters. The molecule has 1 saturated heterocycles. The number of rotatable bonds is 8. The average Bonchev–Trinajstić information content (AvgIpc) is 3.28. The number of esters is 1. The molecule has 10 nitrogen and oxygen atoms in total. The van der Waals surface area contributed by atoms with Gasteiger partial charge in [-0.2, -0.15) is 5.26 Å². The molecule has 0 unspecified atom stereocenters. The number of methoxy groups -OCH3 is 1. The molecule has 11 heteroatoms. The van der Waals surface area contributed by atoms with Crippen LogP contribution in [0.2, 0.25) is 0 Å². The molecule has 0 aliphatic carbocycles. The summed E-state index contributed by atoms with van der Waals surface area (Å²) in [6, 6.07) is 15.9. The van der Waals surface area contributed by atoms with E-state index in [1.807, 2.05) is 12.1 Å². The molecule has 1 fully saturated rings. The molecule has 1 aliphatic heterocycles. The fourth-order valence-electron chi connectivity index (χ4n) is 3.96. The van der Waals surface area contributed by atoms with Crippen molar-refractivity contribution in [2.24, 2.45) is 0 Å². The molecule has 3 aromatic rings. The van der Waals surface area contributed by atoms with Crippen molar-refractivity contribution in [1.82, 2.24) is 9.47 Å². The third-order valence-electron chi connectivity index (χ3n) is 5.81. The summed E-state index contributed by atoms with van der Waals surface area (Å²) in [7, 11) is 1.47. The number of para-hydroxylation sites is 1. The summed E-state index contributed by atoms with van der Waals surface area (Å²) >= 11 is 1.06. The Hall–Kier alpha value is -4.40. The summed E-state index contributed by atoms with van der Waals surface area (Å²) in [5.74, 6) is -0.241. The van der Waals surface area contributed by atoms with Gasteiger partial charge in [0.15, 0.2) is 23.7 Å². The Morgan fingerprint density at radius 1 is 1.13 bits per heavy atom. The van der Waals surface area contributed by atoms with Gasteiger partial charge in [0, 0.05) is 13.1 Å². The summed E-state index contributed by atoms with van der Waals surface area (Å²) < 4.78 is 23.1. The first-order valence-electron chi connectivity index (χ1n) is 12.2. The Morgan fingerprint density at radius 2 is 1.87 bits per heavy atom. The van der Waals surface area contributed by atoms with E-state index >= 15 is 0 Å². The Balaban J connectivity index is 1.82. The van der Waals surface area contributed by atoms with E-state index in [0.717, 1.165) is 11.3 Å². The molecule has 0 radical (unpaired) electrons. The quantitative estimate of drug-likeness (QED) is 0.385. The highest BCUT2D eigenvalue weighted by Gasteiger charge is 2.24. The standard InChI is InChI=1S/C28H27N3O7S/c1-3-37-25(32)18-38-22-10-9-19(15-23(22)35-2)16-24-27(34)31(20-7-5-4-6-8-20)28(39-24)21(17-29)26(33)30-11-13-36-14-12-30/h4-10,15-16H,3,11-14,18H2,1-2H3/b24-16+,28-21-. The second-order valence-corrected chi connectivity index (χ2v) is 9.32. The first-order chi connectivity index (χ1) is 19.0. The first-order valence-corrected chi connectivity index (χ1v) is 13.0. The molecule has 39 heavy (non-hydrogen) atoms. The van der Waals surface area contributed by atoms with Crippen LogP contribution < -0.4 is 24.2 Å². The van der Waals surface area contributed by atoms with Gasteiger partial charge in [-0.15, -0.1) is 11.3 Å². The van der Waals surface area contributed by atoms with Crippen molar-refractivity contribution < 1.29 is 28.5 Å². The minimum Gasteiger partial charge on any atom is -0.493 e. The number of nitriles is 1. The molecule has 1 amide bonds. The lowest BCUT2D eigenvalue weighted by Gasteiger charge is -2.26. The Labute approximate surface area is 228 Å². The minimum atomic E-state index is -0.501. The summed E-state index contributed by atoms with van der Waals surface area (Å²) in [6.45, 7) is 3.21. The third kappa shape index (κ3) is 6.37. The van der Waals surface area contributed by atoms with Gasteiger partial charge in [-0.3, -0.25) is 14.2 Å². The van der Waals surface area contributed by atoms with Crippen LogP contribution in [-0.2, 0) is 19.1 Å². The number of ether oxygens (including phenoxy) is 4. The SMILES string of the molecule is CCOC(=O)COc1ccc(/C=c2/s/c(=C(/C#N)C(=O)N3CCOCC3)n(-c3ccccc3)c2=O)cc1OC. The van der Waals surface area contributed by atoms with E-state index in [2.05, 4.69) is 0 Å². The van der Waals surface area contributed by atoms with Crippen molar-refractivity contribution in [2.45, 2.75) is 6.92 Å². The molecule has 1 aliphatic rings. The van der Waals surface area contributed by atoms with E-state index in [-0.39, 0.29) is 29.0 Å². The van der Waals surface area contributed by atoms with Crippen LogP contribution in [0, 0.1) is 11.3 Å². The molecule has 0 saturated carbocycles. The molecule has 4 rings (SSSR count). The summed E-state index contributed by atoms with van der Waals surface area (Å²) in [5.41, 5.74) is 0.683. The maximum atomic E-state index is 13.6. The van der Waals surface area contributed by atoms with E-state index in [1.54, 1.807) is 60.4 Å². The normalized spacial score (nSPS) is 14.4. The predicted molar refractivity (Wildman–Crippen MR) is 144 cm³/mol. The zero-order chi connectivity index (χ0) is 27.8. The number of morpholine rings is 1. The van der Waals surface area contributed by atoms with Gasteiger partial charge >= 0.3 is 5.97 Å². The van der Waals surface area contributed by atoms with E-state index in [1.165, 1.54) is 11.7 Å². The van der Waals surface area contributed by atoms with Crippen molar-refractivity contribution in [3.63, 3.8) is 0 Å². The Kier molecular flexibility index (Phi) is 9.14. The van der Waals surface area contributed by atoms with Gasteiger partial charge < -0.3 is 23.8 Å². The predicted octanol–water partition coefficient (Wildman–Crippen LogP) is 1.21. The molecule has 202 valence electrons. The number of thiazole rings is 1.